The first-order chi connectivity index (χ1) is 7.52. The smallest absolute Gasteiger partial charge is 0.0464 e. The number of hydrogen-bond donors (Lipinski definition) is 1. The molecule has 0 radical (unpaired) electrons. The van der Waals surface area contributed by atoms with Crippen molar-refractivity contribution in [3.63, 3.8) is 0 Å². The lowest BCUT2D eigenvalue weighted by Gasteiger charge is -2.56. The first kappa shape index (κ1) is 12.2. The molecular formula is C15H26O. The zero-order chi connectivity index (χ0) is 11.8. The van der Waals surface area contributed by atoms with Gasteiger partial charge in [-0.15, -0.1) is 0 Å². The number of hydrogen-bond acceptors (Lipinski definition) is 1. The lowest BCUT2D eigenvalue weighted by Crippen LogP contribution is -2.49. The molecule has 0 heterocycles. The zero-order valence-corrected chi connectivity index (χ0v) is 11.1. The molecule has 0 aliphatic heterocycles. The highest BCUT2D eigenvalue weighted by molar-refractivity contribution is 5.13. The Morgan fingerprint density at radius 3 is 2.69 bits per heavy atom. The third-order valence-electron chi connectivity index (χ3n) is 5.48. The summed E-state index contributed by atoms with van der Waals surface area (Å²) in [5.74, 6) is 0.528. The summed E-state index contributed by atoms with van der Waals surface area (Å²) in [5.41, 5.74) is 2.32. The molecular weight excluding hydrogens is 196 g/mol. The zero-order valence-electron chi connectivity index (χ0n) is 11.1. The molecule has 1 N–H and O–H groups in total. The fraction of sp³-hybridized carbons (Fsp3) is 0.867. The van der Waals surface area contributed by atoms with Gasteiger partial charge in [0.25, 0.3) is 0 Å². The van der Waals surface area contributed by atoms with Gasteiger partial charge in [0.1, 0.15) is 0 Å². The van der Waals surface area contributed by atoms with E-state index in [1.54, 1.807) is 5.57 Å². The van der Waals surface area contributed by atoms with Crippen LogP contribution in [0, 0.1) is 16.7 Å². The lowest BCUT2D eigenvalue weighted by molar-refractivity contribution is -0.0706. The molecule has 2 unspecified atom stereocenters. The number of rotatable bonds is 1. The predicted molar refractivity (Wildman–Crippen MR) is 68.2 cm³/mol. The van der Waals surface area contributed by atoms with Gasteiger partial charge < -0.3 is 5.11 Å². The summed E-state index contributed by atoms with van der Waals surface area (Å²) >= 11 is 0. The van der Waals surface area contributed by atoms with E-state index < -0.39 is 0 Å². The van der Waals surface area contributed by atoms with Crippen molar-refractivity contribution in [2.75, 3.05) is 6.61 Å². The molecule has 1 fully saturated rings. The van der Waals surface area contributed by atoms with Crippen LogP contribution in [0.2, 0.25) is 0 Å². The van der Waals surface area contributed by atoms with Crippen molar-refractivity contribution in [3.8, 4) is 0 Å². The van der Waals surface area contributed by atoms with Gasteiger partial charge in [-0.1, -0.05) is 31.9 Å². The average molecular weight is 222 g/mol. The molecule has 2 aliphatic carbocycles. The van der Waals surface area contributed by atoms with Crippen LogP contribution in [-0.2, 0) is 0 Å². The van der Waals surface area contributed by atoms with Gasteiger partial charge in [0.15, 0.2) is 0 Å². The highest BCUT2D eigenvalue weighted by Crippen LogP contribution is 2.59. The quantitative estimate of drug-likeness (QED) is 0.667. The van der Waals surface area contributed by atoms with E-state index in [1.165, 1.54) is 38.5 Å². The van der Waals surface area contributed by atoms with Crippen LogP contribution in [0.15, 0.2) is 11.6 Å². The molecule has 1 spiro atoms. The van der Waals surface area contributed by atoms with E-state index in [0.717, 1.165) is 0 Å². The largest absolute Gasteiger partial charge is 0.396 e. The minimum absolute atomic E-state index is 0.375. The maximum Gasteiger partial charge on any atom is 0.0464 e. The third kappa shape index (κ3) is 1.73. The standard InChI is InChI=1S/C15H26O/c1-12-6-9-15(10-7-12)13(11-16)5-4-8-14(15,2)3/h6,13,16H,4-5,7-11H2,1-3H3. The molecule has 0 aromatic carbocycles. The summed E-state index contributed by atoms with van der Waals surface area (Å²) in [6.07, 6.45) is 10.00. The summed E-state index contributed by atoms with van der Waals surface area (Å²) in [4.78, 5) is 0. The molecule has 0 amide bonds. The molecule has 2 atom stereocenters. The van der Waals surface area contributed by atoms with E-state index in [1.807, 2.05) is 0 Å². The third-order valence-corrected chi connectivity index (χ3v) is 5.48. The first-order valence-corrected chi connectivity index (χ1v) is 6.78. The number of allylic oxidation sites excluding steroid dienone is 2. The molecule has 1 nitrogen and oxygen atoms in total. The Labute approximate surface area is 99.9 Å². The van der Waals surface area contributed by atoms with Gasteiger partial charge in [0.05, 0.1) is 0 Å². The number of aliphatic hydroxyl groups excluding tert-OH is 1. The molecule has 1 saturated carbocycles. The lowest BCUT2D eigenvalue weighted by atomic mass is 9.49. The molecule has 2 rings (SSSR count). The minimum atomic E-state index is 0.375. The highest BCUT2D eigenvalue weighted by Gasteiger charge is 2.51. The maximum atomic E-state index is 9.69. The molecule has 2 aliphatic rings. The molecule has 0 aromatic rings. The van der Waals surface area contributed by atoms with Crippen molar-refractivity contribution >= 4 is 0 Å². The average Bonchev–Trinajstić information content (AvgIpc) is 2.25. The van der Waals surface area contributed by atoms with E-state index in [4.69, 9.17) is 0 Å². The normalized spacial score (nSPS) is 38.5. The molecule has 1 heteroatoms. The van der Waals surface area contributed by atoms with Gasteiger partial charge in [0, 0.05) is 6.61 Å². The molecule has 92 valence electrons. The Hall–Kier alpha value is -0.300. The second-order valence-electron chi connectivity index (χ2n) is 6.57. The maximum absolute atomic E-state index is 9.69. The second kappa shape index (κ2) is 4.18. The molecule has 0 bridgehead atoms. The summed E-state index contributed by atoms with van der Waals surface area (Å²) in [5, 5.41) is 9.69. The van der Waals surface area contributed by atoms with E-state index in [-0.39, 0.29) is 0 Å². The van der Waals surface area contributed by atoms with Crippen LogP contribution in [0.5, 0.6) is 0 Å². The summed E-state index contributed by atoms with van der Waals surface area (Å²) < 4.78 is 0. The summed E-state index contributed by atoms with van der Waals surface area (Å²) in [6.45, 7) is 7.47. The van der Waals surface area contributed by atoms with Crippen LogP contribution in [0.25, 0.3) is 0 Å². The van der Waals surface area contributed by atoms with Crippen LogP contribution in [0.4, 0.5) is 0 Å². The Bertz CT molecular complexity index is 290. The fourth-order valence-electron chi connectivity index (χ4n) is 4.10. The van der Waals surface area contributed by atoms with Crippen LogP contribution in [0.3, 0.4) is 0 Å². The molecule has 0 aromatic heterocycles. The van der Waals surface area contributed by atoms with Crippen molar-refractivity contribution in [1.82, 2.24) is 0 Å². The second-order valence-corrected chi connectivity index (χ2v) is 6.57. The molecule has 0 saturated heterocycles. The van der Waals surface area contributed by atoms with Gasteiger partial charge in [-0.2, -0.15) is 0 Å². The summed E-state index contributed by atoms with van der Waals surface area (Å²) in [6, 6.07) is 0. The van der Waals surface area contributed by atoms with Gasteiger partial charge in [-0.3, -0.25) is 0 Å². The Kier molecular flexibility index (Phi) is 3.18. The van der Waals surface area contributed by atoms with E-state index in [9.17, 15) is 5.11 Å². The van der Waals surface area contributed by atoms with Gasteiger partial charge in [-0.05, 0) is 55.8 Å². The van der Waals surface area contributed by atoms with Crippen molar-refractivity contribution < 1.29 is 5.11 Å². The van der Waals surface area contributed by atoms with Crippen molar-refractivity contribution in [2.24, 2.45) is 16.7 Å². The Morgan fingerprint density at radius 1 is 1.38 bits per heavy atom. The fourth-order valence-corrected chi connectivity index (χ4v) is 4.10. The van der Waals surface area contributed by atoms with Crippen LogP contribution >= 0.6 is 0 Å². The van der Waals surface area contributed by atoms with Crippen LogP contribution < -0.4 is 0 Å². The van der Waals surface area contributed by atoms with Crippen molar-refractivity contribution in [3.05, 3.63) is 11.6 Å². The highest BCUT2D eigenvalue weighted by atomic mass is 16.3. The SMILES string of the molecule is CC1=CCC2(CC1)C(CO)CCCC2(C)C. The van der Waals surface area contributed by atoms with E-state index in [2.05, 4.69) is 26.8 Å². The van der Waals surface area contributed by atoms with Gasteiger partial charge in [0.2, 0.25) is 0 Å². The topological polar surface area (TPSA) is 20.2 Å². The summed E-state index contributed by atoms with van der Waals surface area (Å²) in [7, 11) is 0. The minimum Gasteiger partial charge on any atom is -0.396 e. The van der Waals surface area contributed by atoms with E-state index in [0.29, 0.717) is 23.4 Å². The van der Waals surface area contributed by atoms with Crippen molar-refractivity contribution in [2.45, 2.75) is 59.3 Å². The van der Waals surface area contributed by atoms with Crippen molar-refractivity contribution in [1.29, 1.82) is 0 Å². The Balaban J connectivity index is 2.31. The van der Waals surface area contributed by atoms with E-state index >= 15 is 0 Å². The predicted octanol–water partition coefficient (Wildman–Crippen LogP) is 3.92. The monoisotopic (exact) mass is 222 g/mol. The first-order valence-electron chi connectivity index (χ1n) is 6.78. The molecule has 16 heavy (non-hydrogen) atoms. The van der Waals surface area contributed by atoms with Crippen LogP contribution in [0.1, 0.15) is 59.3 Å². The van der Waals surface area contributed by atoms with Gasteiger partial charge >= 0.3 is 0 Å². The van der Waals surface area contributed by atoms with Gasteiger partial charge in [-0.25, -0.2) is 0 Å². The van der Waals surface area contributed by atoms with Crippen LogP contribution in [-0.4, -0.2) is 11.7 Å². The number of aliphatic hydroxyl groups is 1. The Morgan fingerprint density at radius 2 is 2.12 bits per heavy atom.